The van der Waals surface area contributed by atoms with Crippen LogP contribution in [0.3, 0.4) is 0 Å². The highest BCUT2D eigenvalue weighted by atomic mass is 31.1. The zero-order valence-electron chi connectivity index (χ0n) is 10.1. The number of benzene rings is 1. The molecule has 0 saturated heterocycles. The number of pyridine rings is 1. The van der Waals surface area contributed by atoms with E-state index in [1.807, 2.05) is 26.1 Å². The normalized spacial score (nSPS) is 9.94. The van der Waals surface area contributed by atoms with Crippen LogP contribution in [0.15, 0.2) is 48.8 Å². The lowest BCUT2D eigenvalue weighted by molar-refractivity contribution is 1.33. The molecule has 1 heterocycles. The zero-order valence-corrected chi connectivity index (χ0v) is 11.1. The molecule has 0 aliphatic carbocycles. The van der Waals surface area contributed by atoms with E-state index in [2.05, 4.69) is 42.0 Å². The smallest absolute Gasteiger partial charge is 0.0346 e. The molecule has 0 aliphatic rings. The van der Waals surface area contributed by atoms with Gasteiger partial charge in [0.15, 0.2) is 0 Å². The van der Waals surface area contributed by atoms with Gasteiger partial charge in [-0.3, -0.25) is 4.98 Å². The largest absolute Gasteiger partial charge is 0.264 e. The minimum absolute atomic E-state index is 0.851. The van der Waals surface area contributed by atoms with Crippen molar-refractivity contribution < 1.29 is 0 Å². The van der Waals surface area contributed by atoms with Crippen molar-refractivity contribution in [1.29, 1.82) is 0 Å². The summed E-state index contributed by atoms with van der Waals surface area (Å²) in [5, 5.41) is 1.39. The third kappa shape index (κ3) is 3.43. The number of hydrogen-bond donors (Lipinski definition) is 0. The van der Waals surface area contributed by atoms with Crippen LogP contribution < -0.4 is 5.30 Å². The Balaban J connectivity index is 0.000000606. The van der Waals surface area contributed by atoms with Gasteiger partial charge in [0.2, 0.25) is 0 Å². The van der Waals surface area contributed by atoms with Gasteiger partial charge in [0, 0.05) is 18.0 Å². The van der Waals surface area contributed by atoms with E-state index in [9.17, 15) is 0 Å². The molecule has 0 saturated carbocycles. The molecule has 2 heteroatoms. The second-order valence-electron chi connectivity index (χ2n) is 3.07. The summed E-state index contributed by atoms with van der Waals surface area (Å²) in [4.78, 5) is 4.12. The second kappa shape index (κ2) is 7.14. The Labute approximate surface area is 99.7 Å². The Morgan fingerprint density at radius 3 is 2.38 bits per heavy atom. The maximum absolute atomic E-state index is 4.12. The first-order chi connectivity index (χ1) is 7.90. The van der Waals surface area contributed by atoms with E-state index in [0.29, 0.717) is 0 Å². The van der Waals surface area contributed by atoms with E-state index in [1.165, 1.54) is 16.4 Å². The molecule has 84 valence electrons. The predicted molar refractivity (Wildman–Crippen MR) is 74.9 cm³/mol. The Hall–Kier alpha value is -1.20. The minimum atomic E-state index is 0.851. The Kier molecular flexibility index (Phi) is 5.74. The van der Waals surface area contributed by atoms with E-state index in [4.69, 9.17) is 0 Å². The summed E-state index contributed by atoms with van der Waals surface area (Å²) in [5.41, 5.74) is 2.44. The van der Waals surface area contributed by atoms with Gasteiger partial charge in [-0.1, -0.05) is 46.7 Å². The molecule has 1 atom stereocenters. The lowest BCUT2D eigenvalue weighted by atomic mass is 10.1. The van der Waals surface area contributed by atoms with Crippen molar-refractivity contribution in [3.8, 4) is 11.1 Å². The number of aromatic nitrogens is 1. The van der Waals surface area contributed by atoms with Gasteiger partial charge in [-0.05, 0) is 29.7 Å². The lowest BCUT2D eigenvalue weighted by Gasteiger charge is -2.02. The molecule has 0 N–H and O–H groups in total. The average Bonchev–Trinajstić information content (AvgIpc) is 2.42. The van der Waals surface area contributed by atoms with E-state index in [1.54, 1.807) is 6.20 Å². The molecule has 2 aromatic rings. The highest BCUT2D eigenvalue weighted by Gasteiger charge is 1.97. The van der Waals surface area contributed by atoms with Crippen molar-refractivity contribution in [2.45, 2.75) is 13.8 Å². The summed E-state index contributed by atoms with van der Waals surface area (Å²) in [6, 6.07) is 12.7. The fourth-order valence-corrected chi connectivity index (χ4v) is 1.95. The fourth-order valence-electron chi connectivity index (χ4n) is 1.39. The van der Waals surface area contributed by atoms with Crippen molar-refractivity contribution in [2.24, 2.45) is 0 Å². The van der Waals surface area contributed by atoms with Gasteiger partial charge in [-0.15, -0.1) is 0 Å². The topological polar surface area (TPSA) is 12.9 Å². The first kappa shape index (κ1) is 12.9. The van der Waals surface area contributed by atoms with Crippen LogP contribution in [0, 0.1) is 0 Å². The first-order valence-corrected chi connectivity index (χ1v) is 7.08. The number of rotatable bonds is 2. The van der Waals surface area contributed by atoms with Gasteiger partial charge in [-0.25, -0.2) is 0 Å². The van der Waals surface area contributed by atoms with E-state index in [0.717, 1.165) is 8.58 Å². The molecule has 1 unspecified atom stereocenters. The van der Waals surface area contributed by atoms with Gasteiger partial charge in [0.05, 0.1) is 0 Å². The molecule has 0 radical (unpaired) electrons. The van der Waals surface area contributed by atoms with Crippen molar-refractivity contribution in [3.05, 3.63) is 48.8 Å². The Bertz CT molecular complexity index is 412. The van der Waals surface area contributed by atoms with Gasteiger partial charge in [0.1, 0.15) is 0 Å². The second-order valence-corrected chi connectivity index (χ2v) is 4.15. The van der Waals surface area contributed by atoms with Gasteiger partial charge in [0.25, 0.3) is 0 Å². The SMILES string of the molecule is CC.CPc1cccc(-c2cccnc2)c1. The van der Waals surface area contributed by atoms with Crippen molar-refractivity contribution in [2.75, 3.05) is 6.66 Å². The van der Waals surface area contributed by atoms with Crippen molar-refractivity contribution >= 4 is 13.9 Å². The van der Waals surface area contributed by atoms with Crippen LogP contribution in [0.2, 0.25) is 0 Å². The highest BCUT2D eigenvalue weighted by molar-refractivity contribution is 7.46. The van der Waals surface area contributed by atoms with Gasteiger partial charge >= 0.3 is 0 Å². The molecule has 0 aliphatic heterocycles. The Morgan fingerprint density at radius 1 is 1.00 bits per heavy atom. The van der Waals surface area contributed by atoms with Crippen molar-refractivity contribution in [1.82, 2.24) is 4.98 Å². The first-order valence-electron chi connectivity index (χ1n) is 5.58. The van der Waals surface area contributed by atoms with E-state index >= 15 is 0 Å². The van der Waals surface area contributed by atoms with Crippen LogP contribution in [0.25, 0.3) is 11.1 Å². The monoisotopic (exact) mass is 231 g/mol. The van der Waals surface area contributed by atoms with Crippen LogP contribution in [0.1, 0.15) is 13.8 Å². The van der Waals surface area contributed by atoms with Gasteiger partial charge < -0.3 is 0 Å². The summed E-state index contributed by atoms with van der Waals surface area (Å²) in [5.74, 6) is 0. The molecule has 1 nitrogen and oxygen atoms in total. The third-order valence-electron chi connectivity index (χ3n) is 2.15. The molecule has 0 fully saturated rings. The van der Waals surface area contributed by atoms with E-state index in [-0.39, 0.29) is 0 Å². The van der Waals surface area contributed by atoms with Crippen LogP contribution in [-0.4, -0.2) is 11.6 Å². The molecule has 1 aromatic heterocycles. The molecular formula is C14H18NP. The maximum Gasteiger partial charge on any atom is 0.0346 e. The van der Waals surface area contributed by atoms with Crippen LogP contribution >= 0.6 is 8.58 Å². The standard InChI is InChI=1S/C12H12NP.C2H6/c1-14-12-6-2-4-10(8-12)11-5-3-7-13-9-11;1-2/h2-9,14H,1H3;1-2H3. The molecular weight excluding hydrogens is 213 g/mol. The van der Waals surface area contributed by atoms with E-state index < -0.39 is 0 Å². The quantitative estimate of drug-likeness (QED) is 0.718. The predicted octanol–water partition coefficient (Wildman–Crippen LogP) is 3.71. The van der Waals surface area contributed by atoms with Crippen LogP contribution in [0.4, 0.5) is 0 Å². The summed E-state index contributed by atoms with van der Waals surface area (Å²) in [6.07, 6.45) is 3.70. The molecule has 1 aromatic carbocycles. The molecule has 0 spiro atoms. The van der Waals surface area contributed by atoms with Crippen molar-refractivity contribution in [3.63, 3.8) is 0 Å². The van der Waals surface area contributed by atoms with Crippen LogP contribution in [-0.2, 0) is 0 Å². The summed E-state index contributed by atoms with van der Waals surface area (Å²) in [6.45, 7) is 6.20. The zero-order chi connectivity index (χ0) is 11.8. The molecule has 16 heavy (non-hydrogen) atoms. The van der Waals surface area contributed by atoms with Crippen LogP contribution in [0.5, 0.6) is 0 Å². The van der Waals surface area contributed by atoms with Gasteiger partial charge in [-0.2, -0.15) is 0 Å². The Morgan fingerprint density at radius 2 is 1.75 bits per heavy atom. The summed E-state index contributed by atoms with van der Waals surface area (Å²) in [7, 11) is 0.851. The fraction of sp³-hybridized carbons (Fsp3) is 0.214. The lowest BCUT2D eigenvalue weighted by Crippen LogP contribution is -1.92. The summed E-state index contributed by atoms with van der Waals surface area (Å²) >= 11 is 0. The minimum Gasteiger partial charge on any atom is -0.264 e. The summed E-state index contributed by atoms with van der Waals surface area (Å²) < 4.78 is 0. The maximum atomic E-state index is 4.12. The highest BCUT2D eigenvalue weighted by Crippen LogP contribution is 2.18. The molecule has 2 rings (SSSR count). The average molecular weight is 231 g/mol. The third-order valence-corrected chi connectivity index (χ3v) is 3.03. The molecule has 0 amide bonds. The number of nitrogens with zero attached hydrogens (tertiary/aromatic N) is 1. The molecule has 0 bridgehead atoms. The number of hydrogen-bond acceptors (Lipinski definition) is 1.